The van der Waals surface area contributed by atoms with E-state index in [9.17, 15) is 30.7 Å². The molecule has 3 atom stereocenters. The Bertz CT molecular complexity index is 854. The van der Waals surface area contributed by atoms with Gasteiger partial charge in [-0.15, -0.1) is 0 Å². The lowest BCUT2D eigenvalue weighted by Gasteiger charge is -2.55. The molecule has 0 spiro atoms. The van der Waals surface area contributed by atoms with Gasteiger partial charge in [-0.2, -0.15) is 26.3 Å². The summed E-state index contributed by atoms with van der Waals surface area (Å²) in [5.74, 6) is -3.54. The van der Waals surface area contributed by atoms with E-state index in [1.807, 2.05) is 0 Å². The van der Waals surface area contributed by atoms with Crippen LogP contribution in [0.3, 0.4) is 0 Å². The number of benzene rings is 2. The number of hydrogen-bond acceptors (Lipinski definition) is 3. The summed E-state index contributed by atoms with van der Waals surface area (Å²) >= 11 is 0. The van der Waals surface area contributed by atoms with E-state index in [-0.39, 0.29) is 12.2 Å². The van der Waals surface area contributed by atoms with Gasteiger partial charge in [0.05, 0.1) is 6.61 Å². The lowest BCUT2D eigenvalue weighted by Crippen LogP contribution is -2.75. The second-order valence-corrected chi connectivity index (χ2v) is 6.72. The Kier molecular flexibility index (Phi) is 5.87. The summed E-state index contributed by atoms with van der Waals surface area (Å²) in [5.41, 5.74) is -4.30. The van der Waals surface area contributed by atoms with Crippen molar-refractivity contribution in [1.82, 2.24) is 5.32 Å². The molecule has 1 N–H and O–H groups in total. The number of alkyl halides is 6. The number of ether oxygens (including phenoxy) is 2. The van der Waals surface area contributed by atoms with E-state index in [4.69, 9.17) is 9.47 Å². The molecule has 3 rings (SSSR count). The van der Waals surface area contributed by atoms with Gasteiger partial charge in [-0.1, -0.05) is 42.5 Å². The molecule has 1 aliphatic rings. The fourth-order valence-corrected chi connectivity index (χ4v) is 3.68. The smallest absolute Gasteiger partial charge is 0.344 e. The first-order valence-corrected chi connectivity index (χ1v) is 8.98. The van der Waals surface area contributed by atoms with Gasteiger partial charge < -0.3 is 9.47 Å². The van der Waals surface area contributed by atoms with Crippen LogP contribution in [-0.2, 0) is 20.8 Å². The number of hydrogen-bond donors (Lipinski definition) is 1. The maximum Gasteiger partial charge on any atom is 0.416 e. The highest BCUT2D eigenvalue weighted by Gasteiger charge is 2.74. The van der Waals surface area contributed by atoms with Crippen LogP contribution in [0.25, 0.3) is 0 Å². The van der Waals surface area contributed by atoms with Crippen LogP contribution in [0.2, 0.25) is 0 Å². The van der Waals surface area contributed by atoms with Crippen molar-refractivity contribution in [2.45, 2.75) is 36.6 Å². The molecule has 0 aromatic heterocycles. The predicted octanol–water partition coefficient (Wildman–Crippen LogP) is 5.02. The SMILES string of the molecule is CCOC1(c2ccccc2)OCC(C(F)(F)F)NC1(c1ccc(F)cc1)C(F)(F)F. The number of morpholine rings is 1. The first kappa shape index (κ1) is 22.5. The quantitative estimate of drug-likeness (QED) is 0.682. The lowest BCUT2D eigenvalue weighted by atomic mass is 9.75. The molecule has 164 valence electrons. The third-order valence-electron chi connectivity index (χ3n) is 4.94. The van der Waals surface area contributed by atoms with Crippen LogP contribution in [0.15, 0.2) is 54.6 Å². The highest BCUT2D eigenvalue weighted by molar-refractivity contribution is 5.38. The Morgan fingerprint density at radius 1 is 0.967 bits per heavy atom. The third kappa shape index (κ3) is 3.57. The van der Waals surface area contributed by atoms with Gasteiger partial charge in [-0.3, -0.25) is 5.32 Å². The molecule has 0 radical (unpaired) electrons. The molecule has 1 aliphatic heterocycles. The zero-order valence-electron chi connectivity index (χ0n) is 15.6. The van der Waals surface area contributed by atoms with Gasteiger partial charge in [0.15, 0.2) is 5.54 Å². The molecular formula is C20H18F7NO2. The molecule has 1 saturated heterocycles. The van der Waals surface area contributed by atoms with Gasteiger partial charge in [-0.05, 0) is 24.6 Å². The normalized spacial score (nSPS) is 27.8. The first-order valence-electron chi connectivity index (χ1n) is 8.98. The van der Waals surface area contributed by atoms with E-state index in [2.05, 4.69) is 0 Å². The van der Waals surface area contributed by atoms with E-state index >= 15 is 0 Å². The fourth-order valence-electron chi connectivity index (χ4n) is 3.68. The molecule has 0 aliphatic carbocycles. The van der Waals surface area contributed by atoms with Crippen molar-refractivity contribution in [3.8, 4) is 0 Å². The highest BCUT2D eigenvalue weighted by atomic mass is 19.4. The Morgan fingerprint density at radius 2 is 1.57 bits per heavy atom. The van der Waals surface area contributed by atoms with Crippen molar-refractivity contribution in [3.05, 3.63) is 71.5 Å². The van der Waals surface area contributed by atoms with Gasteiger partial charge in [-0.25, -0.2) is 4.39 Å². The molecule has 0 bridgehead atoms. The summed E-state index contributed by atoms with van der Waals surface area (Å²) < 4.78 is 109. The topological polar surface area (TPSA) is 30.5 Å². The van der Waals surface area contributed by atoms with Crippen molar-refractivity contribution in [2.24, 2.45) is 0 Å². The molecule has 2 aromatic carbocycles. The number of halogens is 7. The van der Waals surface area contributed by atoms with E-state index in [1.54, 1.807) is 5.32 Å². The minimum absolute atomic E-state index is 0.137. The lowest BCUT2D eigenvalue weighted by molar-refractivity contribution is -0.392. The average molecular weight is 437 g/mol. The molecule has 3 nitrogen and oxygen atoms in total. The van der Waals surface area contributed by atoms with Crippen LogP contribution in [-0.4, -0.2) is 31.6 Å². The Balaban J connectivity index is 2.37. The molecular weight excluding hydrogens is 419 g/mol. The van der Waals surface area contributed by atoms with Crippen LogP contribution in [0.1, 0.15) is 18.1 Å². The van der Waals surface area contributed by atoms with Gasteiger partial charge in [0, 0.05) is 12.2 Å². The largest absolute Gasteiger partial charge is 0.416 e. The molecule has 1 fully saturated rings. The maximum absolute atomic E-state index is 14.8. The van der Waals surface area contributed by atoms with Gasteiger partial charge in [0.25, 0.3) is 0 Å². The van der Waals surface area contributed by atoms with E-state index in [0.717, 1.165) is 24.3 Å². The van der Waals surface area contributed by atoms with Gasteiger partial charge >= 0.3 is 12.4 Å². The fraction of sp³-hybridized carbons (Fsp3) is 0.400. The minimum Gasteiger partial charge on any atom is -0.344 e. The van der Waals surface area contributed by atoms with Crippen LogP contribution in [0.4, 0.5) is 30.7 Å². The summed E-state index contributed by atoms with van der Waals surface area (Å²) in [6, 6.07) is 7.30. The first-order chi connectivity index (χ1) is 14.0. The molecule has 0 saturated carbocycles. The second-order valence-electron chi connectivity index (χ2n) is 6.72. The molecule has 0 amide bonds. The van der Waals surface area contributed by atoms with Crippen molar-refractivity contribution in [2.75, 3.05) is 13.2 Å². The second kappa shape index (κ2) is 7.82. The zero-order valence-corrected chi connectivity index (χ0v) is 15.6. The van der Waals surface area contributed by atoms with Crippen LogP contribution in [0, 0.1) is 5.82 Å². The van der Waals surface area contributed by atoms with E-state index < -0.39 is 47.7 Å². The van der Waals surface area contributed by atoms with Crippen LogP contribution < -0.4 is 5.32 Å². The third-order valence-corrected chi connectivity index (χ3v) is 4.94. The molecule has 2 aromatic rings. The van der Waals surface area contributed by atoms with E-state index in [1.165, 1.54) is 37.3 Å². The standard InChI is InChI=1S/C20H18F7NO2/c1-2-29-18(14-6-4-3-5-7-14)17(20(25,26)27,13-8-10-15(21)11-9-13)28-16(12-30-18)19(22,23)24/h3-11,16,28H,2,12H2,1H3. The molecule has 3 unspecified atom stereocenters. The summed E-state index contributed by atoms with van der Waals surface area (Å²) in [6.45, 7) is -0.0145. The van der Waals surface area contributed by atoms with E-state index in [0.29, 0.717) is 0 Å². The van der Waals surface area contributed by atoms with Crippen molar-refractivity contribution >= 4 is 0 Å². The van der Waals surface area contributed by atoms with Crippen LogP contribution >= 0.6 is 0 Å². The Morgan fingerprint density at radius 3 is 2.07 bits per heavy atom. The molecule has 30 heavy (non-hydrogen) atoms. The molecule has 10 heteroatoms. The molecule has 1 heterocycles. The minimum atomic E-state index is -5.33. The summed E-state index contributed by atoms with van der Waals surface area (Å²) in [5, 5.41) is 1.73. The predicted molar refractivity (Wildman–Crippen MR) is 92.8 cm³/mol. The van der Waals surface area contributed by atoms with Gasteiger partial charge in [0.2, 0.25) is 5.79 Å². The van der Waals surface area contributed by atoms with Crippen molar-refractivity contribution in [1.29, 1.82) is 0 Å². The van der Waals surface area contributed by atoms with Gasteiger partial charge in [0.1, 0.15) is 11.9 Å². The summed E-state index contributed by atoms with van der Waals surface area (Å²) in [6.07, 6.45) is -10.4. The van der Waals surface area contributed by atoms with Crippen LogP contribution in [0.5, 0.6) is 0 Å². The monoisotopic (exact) mass is 437 g/mol. The summed E-state index contributed by atoms with van der Waals surface area (Å²) in [4.78, 5) is 0. The average Bonchev–Trinajstić information content (AvgIpc) is 2.68. The zero-order chi connectivity index (χ0) is 22.2. The Labute approximate surface area is 167 Å². The highest BCUT2D eigenvalue weighted by Crippen LogP contribution is 2.56. The number of rotatable bonds is 4. The number of nitrogens with one attached hydrogen (secondary N) is 1. The van der Waals surface area contributed by atoms with Crippen molar-refractivity contribution < 1.29 is 40.2 Å². The Hall–Kier alpha value is -2.17. The maximum atomic E-state index is 14.8. The summed E-state index contributed by atoms with van der Waals surface area (Å²) in [7, 11) is 0. The van der Waals surface area contributed by atoms with Crippen molar-refractivity contribution in [3.63, 3.8) is 0 Å².